The van der Waals surface area contributed by atoms with Crippen molar-refractivity contribution in [3.8, 4) is 0 Å². The van der Waals surface area contributed by atoms with Crippen molar-refractivity contribution in [3.63, 3.8) is 0 Å². The number of rotatable bonds is 12. The number of unbranched alkanes of at least 4 members (excludes halogenated alkanes) is 3. The Labute approximate surface area is 229 Å². The van der Waals surface area contributed by atoms with E-state index < -0.39 is 0 Å². The third-order valence-electron chi connectivity index (χ3n) is 5.53. The SMILES string of the molecule is CC.CC(C)C.CC(C)O.CCCC.CCCC(C)CCC(C)C(C)C.CCCCCC(C)CC. The van der Waals surface area contributed by atoms with Gasteiger partial charge in [-0.1, -0.05) is 174 Å². The van der Waals surface area contributed by atoms with Crippen molar-refractivity contribution < 1.29 is 5.11 Å². The van der Waals surface area contributed by atoms with Gasteiger partial charge in [0.2, 0.25) is 0 Å². The first-order chi connectivity index (χ1) is 16.3. The third kappa shape index (κ3) is 87.1. The minimum Gasteiger partial charge on any atom is -0.394 e. The first kappa shape index (κ1) is 48.1. The summed E-state index contributed by atoms with van der Waals surface area (Å²) in [6.07, 6.45) is 15.1. The molecule has 0 aromatic carbocycles. The molecule has 0 aromatic rings. The molecule has 0 fully saturated rings. The van der Waals surface area contributed by atoms with Crippen LogP contribution in [0, 0.1) is 29.6 Å². The van der Waals surface area contributed by atoms with Crippen LogP contribution in [0.3, 0.4) is 0 Å². The molecular weight excluding hydrogens is 424 g/mol. The van der Waals surface area contributed by atoms with Crippen molar-refractivity contribution in [2.45, 2.75) is 194 Å². The highest BCUT2D eigenvalue weighted by atomic mass is 16.3. The van der Waals surface area contributed by atoms with Gasteiger partial charge in [-0.25, -0.2) is 0 Å². The molecule has 0 heterocycles. The lowest BCUT2D eigenvalue weighted by atomic mass is 9.89. The predicted octanol–water partition coefficient (Wildman–Crippen LogP) is 13.0. The second-order valence-electron chi connectivity index (χ2n) is 11.5. The summed E-state index contributed by atoms with van der Waals surface area (Å²) < 4.78 is 0. The van der Waals surface area contributed by atoms with Gasteiger partial charge in [0, 0.05) is 6.10 Å². The second-order valence-corrected chi connectivity index (χ2v) is 11.5. The molecule has 0 bridgehead atoms. The Kier molecular flexibility index (Phi) is 60.4. The van der Waals surface area contributed by atoms with Crippen LogP contribution in [0.25, 0.3) is 0 Å². The highest BCUT2D eigenvalue weighted by Crippen LogP contribution is 2.21. The Hall–Kier alpha value is -0.0400. The molecule has 0 saturated heterocycles. The van der Waals surface area contributed by atoms with Gasteiger partial charge in [0.05, 0.1) is 0 Å². The Morgan fingerprint density at radius 3 is 1.14 bits per heavy atom. The zero-order valence-corrected chi connectivity index (χ0v) is 28.7. The van der Waals surface area contributed by atoms with Crippen molar-refractivity contribution >= 4 is 0 Å². The van der Waals surface area contributed by atoms with E-state index in [1.807, 2.05) is 13.8 Å². The molecule has 0 aliphatic rings. The molecule has 1 nitrogen and oxygen atoms in total. The minimum absolute atomic E-state index is 0.167. The van der Waals surface area contributed by atoms with Crippen molar-refractivity contribution in [1.82, 2.24) is 0 Å². The minimum atomic E-state index is -0.167. The normalized spacial score (nSPS) is 12.3. The number of hydrogen-bond acceptors (Lipinski definition) is 1. The van der Waals surface area contributed by atoms with Gasteiger partial charge in [-0.05, 0) is 43.4 Å². The van der Waals surface area contributed by atoms with Crippen LogP contribution in [0.5, 0.6) is 0 Å². The number of hydrogen-bond donors (Lipinski definition) is 1. The summed E-state index contributed by atoms with van der Waals surface area (Å²) in [7, 11) is 0. The van der Waals surface area contributed by atoms with E-state index in [2.05, 4.69) is 90.0 Å². The summed E-state index contributed by atoms with van der Waals surface area (Å²) in [4.78, 5) is 0. The quantitative estimate of drug-likeness (QED) is 0.262. The Balaban J connectivity index is -0.0000000802. The van der Waals surface area contributed by atoms with Gasteiger partial charge < -0.3 is 5.11 Å². The summed E-state index contributed by atoms with van der Waals surface area (Å²) >= 11 is 0. The molecule has 0 aliphatic heterocycles. The molecule has 1 heteroatoms. The van der Waals surface area contributed by atoms with E-state index in [-0.39, 0.29) is 6.10 Å². The van der Waals surface area contributed by atoms with E-state index in [4.69, 9.17) is 5.11 Å². The molecule has 3 unspecified atom stereocenters. The van der Waals surface area contributed by atoms with Gasteiger partial charge in [-0.15, -0.1) is 0 Å². The highest BCUT2D eigenvalue weighted by Gasteiger charge is 2.08. The second kappa shape index (κ2) is 44.0. The fourth-order valence-electron chi connectivity index (χ4n) is 2.46. The third-order valence-corrected chi connectivity index (χ3v) is 5.53. The molecule has 0 radical (unpaired) electrons. The van der Waals surface area contributed by atoms with E-state index in [0.29, 0.717) is 0 Å². The van der Waals surface area contributed by atoms with Crippen molar-refractivity contribution in [2.24, 2.45) is 29.6 Å². The summed E-state index contributed by atoms with van der Waals surface area (Å²) in [5, 5.41) is 8.06. The number of aliphatic hydroxyl groups is 1. The summed E-state index contributed by atoms with van der Waals surface area (Å²) in [6, 6.07) is 0. The summed E-state index contributed by atoms with van der Waals surface area (Å²) in [6.45, 7) is 36.9. The van der Waals surface area contributed by atoms with E-state index in [1.165, 1.54) is 70.6 Å². The molecular formula is C34H80O. The topological polar surface area (TPSA) is 20.2 Å². The number of aliphatic hydroxyl groups excluding tert-OH is 1. The fraction of sp³-hybridized carbons (Fsp3) is 1.00. The molecule has 0 rings (SSSR count). The molecule has 0 saturated carbocycles. The zero-order valence-electron chi connectivity index (χ0n) is 28.7. The van der Waals surface area contributed by atoms with E-state index in [1.54, 1.807) is 13.8 Å². The Morgan fingerprint density at radius 2 is 0.886 bits per heavy atom. The molecule has 0 aliphatic carbocycles. The standard InChI is InChI=1S/C12H26.C9H20.2C4H10.C3H8O.C2H6/c1-6-7-11(4)8-9-12(5)10(2)3;1-4-6-7-8-9(3)5-2;1-4(2)3;1-3-4-2;1-3(2)4;1-2/h10-12H,6-9H2,1-5H3;9H,4-8H2,1-3H3;4H,1-3H3;3-4H2,1-2H3;3-4H,1-2H3;1-2H3. The van der Waals surface area contributed by atoms with Crippen LogP contribution in [-0.4, -0.2) is 11.2 Å². The van der Waals surface area contributed by atoms with Crippen LogP contribution in [-0.2, 0) is 0 Å². The Morgan fingerprint density at radius 1 is 0.486 bits per heavy atom. The lowest BCUT2D eigenvalue weighted by Gasteiger charge is -2.17. The maximum Gasteiger partial charge on any atom is 0.0483 e. The monoisotopic (exact) mass is 505 g/mol. The molecule has 0 aromatic heterocycles. The molecule has 3 atom stereocenters. The smallest absolute Gasteiger partial charge is 0.0483 e. The van der Waals surface area contributed by atoms with E-state index in [0.717, 1.165) is 29.6 Å². The largest absolute Gasteiger partial charge is 0.394 e. The van der Waals surface area contributed by atoms with Crippen LogP contribution in [0.1, 0.15) is 188 Å². The van der Waals surface area contributed by atoms with Gasteiger partial charge >= 0.3 is 0 Å². The van der Waals surface area contributed by atoms with Crippen molar-refractivity contribution in [2.75, 3.05) is 0 Å². The van der Waals surface area contributed by atoms with E-state index >= 15 is 0 Å². The van der Waals surface area contributed by atoms with Gasteiger partial charge in [-0.2, -0.15) is 0 Å². The molecule has 0 spiro atoms. The van der Waals surface area contributed by atoms with Crippen LogP contribution >= 0.6 is 0 Å². The molecule has 222 valence electrons. The first-order valence-corrected chi connectivity index (χ1v) is 15.9. The van der Waals surface area contributed by atoms with Gasteiger partial charge in [0.25, 0.3) is 0 Å². The highest BCUT2D eigenvalue weighted by molar-refractivity contribution is 4.60. The average Bonchev–Trinajstić information content (AvgIpc) is 2.78. The lowest BCUT2D eigenvalue weighted by molar-refractivity contribution is 0.216. The van der Waals surface area contributed by atoms with Crippen LogP contribution in [0.15, 0.2) is 0 Å². The zero-order chi connectivity index (χ0) is 29.2. The van der Waals surface area contributed by atoms with Crippen LogP contribution in [0.2, 0.25) is 0 Å². The predicted molar refractivity (Wildman–Crippen MR) is 171 cm³/mol. The van der Waals surface area contributed by atoms with Crippen LogP contribution in [0.4, 0.5) is 0 Å². The Bertz CT molecular complexity index is 269. The summed E-state index contributed by atoms with van der Waals surface area (Å²) in [5.41, 5.74) is 0. The molecule has 1 N–H and O–H groups in total. The maximum atomic E-state index is 8.06. The van der Waals surface area contributed by atoms with Crippen molar-refractivity contribution in [1.29, 1.82) is 0 Å². The maximum absolute atomic E-state index is 8.06. The van der Waals surface area contributed by atoms with Crippen molar-refractivity contribution in [3.05, 3.63) is 0 Å². The first-order valence-electron chi connectivity index (χ1n) is 15.9. The lowest BCUT2D eigenvalue weighted by Crippen LogP contribution is -2.06. The molecule has 0 amide bonds. The summed E-state index contributed by atoms with van der Waals surface area (Å²) in [5.74, 6) is 4.50. The van der Waals surface area contributed by atoms with Gasteiger partial charge in [0.1, 0.15) is 0 Å². The average molecular weight is 505 g/mol. The fourth-order valence-corrected chi connectivity index (χ4v) is 2.46. The van der Waals surface area contributed by atoms with E-state index in [9.17, 15) is 0 Å². The molecule has 35 heavy (non-hydrogen) atoms. The van der Waals surface area contributed by atoms with Gasteiger partial charge in [0.15, 0.2) is 0 Å². The van der Waals surface area contributed by atoms with Crippen LogP contribution < -0.4 is 0 Å². The van der Waals surface area contributed by atoms with Gasteiger partial charge in [-0.3, -0.25) is 0 Å².